The van der Waals surface area contributed by atoms with E-state index in [-0.39, 0.29) is 10.6 Å². The van der Waals surface area contributed by atoms with Crippen molar-refractivity contribution in [2.75, 3.05) is 7.11 Å². The summed E-state index contributed by atoms with van der Waals surface area (Å²) in [5.41, 5.74) is 0.566. The average molecular weight is 317 g/mol. The predicted octanol–water partition coefficient (Wildman–Crippen LogP) is 3.36. The third kappa shape index (κ3) is 2.08. The van der Waals surface area contributed by atoms with E-state index in [2.05, 4.69) is 20.9 Å². The number of carboxylic acids is 1. The first-order valence-corrected chi connectivity index (χ1v) is 5.76. The summed E-state index contributed by atoms with van der Waals surface area (Å²) < 4.78 is 5.82. The van der Waals surface area contributed by atoms with Crippen LogP contribution in [0, 0.1) is 0 Å². The summed E-state index contributed by atoms with van der Waals surface area (Å²) in [6, 6.07) is 3.38. The van der Waals surface area contributed by atoms with Gasteiger partial charge >= 0.3 is 5.97 Å². The van der Waals surface area contributed by atoms with Gasteiger partial charge in [0.05, 0.1) is 27.7 Å². The number of carbonyl (C=O) groups is 1. The van der Waals surface area contributed by atoms with Crippen LogP contribution in [0.25, 0.3) is 10.9 Å². The normalized spacial score (nSPS) is 10.5. The average Bonchev–Trinajstić information content (AvgIpc) is 2.29. The molecule has 0 aliphatic rings. The van der Waals surface area contributed by atoms with Crippen LogP contribution in [0.5, 0.6) is 5.75 Å². The van der Waals surface area contributed by atoms with Gasteiger partial charge in [0.1, 0.15) is 5.75 Å². The van der Waals surface area contributed by atoms with E-state index in [0.29, 0.717) is 21.1 Å². The summed E-state index contributed by atoms with van der Waals surface area (Å²) in [7, 11) is 1.54. The number of nitrogens with zero attached hydrogens (tertiary/aromatic N) is 1. The van der Waals surface area contributed by atoms with Crippen molar-refractivity contribution in [2.24, 2.45) is 0 Å². The molecule has 0 fully saturated rings. The molecule has 0 saturated heterocycles. The molecule has 88 valence electrons. The maximum Gasteiger partial charge on any atom is 0.338 e. The van der Waals surface area contributed by atoms with E-state index in [1.165, 1.54) is 6.20 Å². The van der Waals surface area contributed by atoms with E-state index < -0.39 is 5.97 Å². The topological polar surface area (TPSA) is 59.4 Å². The van der Waals surface area contributed by atoms with Gasteiger partial charge in [0.15, 0.2) is 0 Å². The zero-order valence-corrected chi connectivity index (χ0v) is 11.0. The van der Waals surface area contributed by atoms with Gasteiger partial charge in [-0.2, -0.15) is 0 Å². The van der Waals surface area contributed by atoms with Gasteiger partial charge in [-0.25, -0.2) is 4.79 Å². The standard InChI is InChI=1S/C11H7BrClNO3/c1-17-9-3-8-5(2-7(9)12)10(13)6(4-14-8)11(15)16/h2-4H,1H3,(H,15,16). The summed E-state index contributed by atoms with van der Waals surface area (Å²) >= 11 is 9.34. The van der Waals surface area contributed by atoms with Crippen molar-refractivity contribution in [3.8, 4) is 5.75 Å². The molecule has 0 spiro atoms. The molecule has 17 heavy (non-hydrogen) atoms. The first kappa shape index (κ1) is 12.1. The Morgan fingerprint density at radius 3 is 2.82 bits per heavy atom. The summed E-state index contributed by atoms with van der Waals surface area (Å²) in [6.45, 7) is 0. The maximum absolute atomic E-state index is 10.9. The van der Waals surface area contributed by atoms with Crippen molar-refractivity contribution in [3.63, 3.8) is 0 Å². The minimum absolute atomic E-state index is 0.0174. The summed E-state index contributed by atoms with van der Waals surface area (Å²) in [5.74, 6) is -0.486. The van der Waals surface area contributed by atoms with Crippen molar-refractivity contribution in [2.45, 2.75) is 0 Å². The Hall–Kier alpha value is -1.33. The van der Waals surface area contributed by atoms with E-state index in [4.69, 9.17) is 21.4 Å². The monoisotopic (exact) mass is 315 g/mol. The molecule has 0 radical (unpaired) electrons. The highest BCUT2D eigenvalue weighted by Crippen LogP contribution is 2.33. The summed E-state index contributed by atoms with van der Waals surface area (Å²) in [6.07, 6.45) is 1.24. The minimum atomic E-state index is -1.10. The number of benzene rings is 1. The molecule has 2 rings (SSSR count). The summed E-state index contributed by atoms with van der Waals surface area (Å²) in [5, 5.41) is 9.68. The van der Waals surface area contributed by atoms with E-state index in [1.807, 2.05) is 0 Å². The van der Waals surface area contributed by atoms with Gasteiger partial charge in [0, 0.05) is 17.6 Å². The zero-order valence-electron chi connectivity index (χ0n) is 8.70. The van der Waals surface area contributed by atoms with Gasteiger partial charge < -0.3 is 9.84 Å². The Labute approximate surface area is 110 Å². The molecule has 4 nitrogen and oxygen atoms in total. The molecular weight excluding hydrogens is 309 g/mol. The Kier molecular flexibility index (Phi) is 3.22. The second kappa shape index (κ2) is 4.50. The molecule has 0 atom stereocenters. The molecule has 0 bridgehead atoms. The van der Waals surface area contributed by atoms with Gasteiger partial charge in [-0.3, -0.25) is 4.98 Å². The molecule has 0 amide bonds. The minimum Gasteiger partial charge on any atom is -0.495 e. The lowest BCUT2D eigenvalue weighted by Gasteiger charge is -2.07. The van der Waals surface area contributed by atoms with Crippen LogP contribution in [0.4, 0.5) is 0 Å². The number of carboxylic acid groups (broad SMARTS) is 1. The molecule has 0 aliphatic carbocycles. The smallest absolute Gasteiger partial charge is 0.338 e. The number of hydrogen-bond donors (Lipinski definition) is 1. The van der Waals surface area contributed by atoms with Gasteiger partial charge in [-0.15, -0.1) is 0 Å². The first-order valence-electron chi connectivity index (χ1n) is 4.59. The Balaban J connectivity index is 2.78. The molecule has 0 unspecified atom stereocenters. The molecule has 1 heterocycles. The predicted molar refractivity (Wildman–Crippen MR) is 68.0 cm³/mol. The van der Waals surface area contributed by atoms with Crippen molar-refractivity contribution < 1.29 is 14.6 Å². The Bertz CT molecular complexity index is 615. The van der Waals surface area contributed by atoms with Crippen molar-refractivity contribution in [3.05, 3.63) is 33.4 Å². The highest BCUT2D eigenvalue weighted by molar-refractivity contribution is 9.10. The summed E-state index contributed by atoms with van der Waals surface area (Å²) in [4.78, 5) is 15.0. The fourth-order valence-corrected chi connectivity index (χ4v) is 2.25. The van der Waals surface area contributed by atoms with Gasteiger partial charge in [-0.1, -0.05) is 11.6 Å². The Morgan fingerprint density at radius 1 is 1.53 bits per heavy atom. The fourth-order valence-electron chi connectivity index (χ4n) is 1.47. The van der Waals surface area contributed by atoms with Gasteiger partial charge in [0.2, 0.25) is 0 Å². The SMILES string of the molecule is COc1cc2ncc(C(=O)O)c(Cl)c2cc1Br. The van der Waals surface area contributed by atoms with Gasteiger partial charge in [0.25, 0.3) is 0 Å². The van der Waals surface area contributed by atoms with Crippen molar-refractivity contribution >= 4 is 44.4 Å². The third-order valence-electron chi connectivity index (χ3n) is 2.31. The quantitative estimate of drug-likeness (QED) is 0.923. The first-order chi connectivity index (χ1) is 8.04. The van der Waals surface area contributed by atoms with Crippen LogP contribution in [0.3, 0.4) is 0 Å². The number of hydrogen-bond acceptors (Lipinski definition) is 3. The van der Waals surface area contributed by atoms with E-state index in [9.17, 15) is 4.79 Å². The van der Waals surface area contributed by atoms with Crippen LogP contribution in [0.15, 0.2) is 22.8 Å². The fraction of sp³-hybridized carbons (Fsp3) is 0.0909. The number of ether oxygens (including phenoxy) is 1. The van der Waals surface area contributed by atoms with E-state index in [1.54, 1.807) is 19.2 Å². The molecule has 1 aromatic heterocycles. The lowest BCUT2D eigenvalue weighted by Crippen LogP contribution is -1.99. The molecule has 2 aromatic rings. The largest absolute Gasteiger partial charge is 0.495 e. The molecule has 6 heteroatoms. The number of pyridine rings is 1. The number of methoxy groups -OCH3 is 1. The number of rotatable bonds is 2. The van der Waals surface area contributed by atoms with Crippen LogP contribution in [0.2, 0.25) is 5.02 Å². The lowest BCUT2D eigenvalue weighted by molar-refractivity contribution is 0.0697. The number of halogens is 2. The highest BCUT2D eigenvalue weighted by atomic mass is 79.9. The molecule has 0 saturated carbocycles. The van der Waals surface area contributed by atoms with E-state index in [0.717, 1.165) is 0 Å². The number of aromatic carboxylic acids is 1. The van der Waals surface area contributed by atoms with Crippen LogP contribution in [-0.4, -0.2) is 23.2 Å². The maximum atomic E-state index is 10.9. The van der Waals surface area contributed by atoms with Crippen LogP contribution in [-0.2, 0) is 0 Å². The molecule has 1 N–H and O–H groups in total. The molecule has 0 aliphatic heterocycles. The van der Waals surface area contributed by atoms with Crippen molar-refractivity contribution in [1.29, 1.82) is 0 Å². The Morgan fingerprint density at radius 2 is 2.24 bits per heavy atom. The van der Waals surface area contributed by atoms with Crippen LogP contribution >= 0.6 is 27.5 Å². The highest BCUT2D eigenvalue weighted by Gasteiger charge is 2.14. The van der Waals surface area contributed by atoms with Crippen molar-refractivity contribution in [1.82, 2.24) is 4.98 Å². The number of fused-ring (bicyclic) bond motifs is 1. The number of aromatic nitrogens is 1. The van der Waals surface area contributed by atoms with Crippen LogP contribution < -0.4 is 4.74 Å². The third-order valence-corrected chi connectivity index (χ3v) is 3.33. The second-order valence-corrected chi connectivity index (χ2v) is 4.53. The van der Waals surface area contributed by atoms with Gasteiger partial charge in [-0.05, 0) is 22.0 Å². The molecular formula is C11H7BrClNO3. The van der Waals surface area contributed by atoms with E-state index >= 15 is 0 Å². The van der Waals surface area contributed by atoms with Crippen LogP contribution in [0.1, 0.15) is 10.4 Å². The lowest BCUT2D eigenvalue weighted by atomic mass is 10.1. The zero-order chi connectivity index (χ0) is 12.6. The molecule has 1 aromatic carbocycles. The second-order valence-electron chi connectivity index (χ2n) is 3.29.